The fourth-order valence-electron chi connectivity index (χ4n) is 2.17. The van der Waals surface area contributed by atoms with Crippen LogP contribution in [0.15, 0.2) is 28.7 Å². The Labute approximate surface area is 128 Å². The lowest BCUT2D eigenvalue weighted by molar-refractivity contribution is -0.125. The molecule has 0 heterocycles. The van der Waals surface area contributed by atoms with Gasteiger partial charge < -0.3 is 10.4 Å². The number of carbonyl (C=O) groups is 1. The molecular formula is C16H22BrNO2. The van der Waals surface area contributed by atoms with E-state index in [1.54, 1.807) is 6.92 Å². The third-order valence-electron chi connectivity index (χ3n) is 4.43. The van der Waals surface area contributed by atoms with E-state index in [9.17, 15) is 9.90 Å². The molecule has 1 fully saturated rings. The molecule has 0 aliphatic heterocycles. The third-order valence-corrected chi connectivity index (χ3v) is 4.96. The van der Waals surface area contributed by atoms with Gasteiger partial charge in [-0.1, -0.05) is 41.9 Å². The van der Waals surface area contributed by atoms with Crippen molar-refractivity contribution < 1.29 is 9.90 Å². The van der Waals surface area contributed by atoms with Crippen molar-refractivity contribution in [2.24, 2.45) is 5.92 Å². The van der Waals surface area contributed by atoms with Gasteiger partial charge in [0.2, 0.25) is 5.91 Å². The molecule has 1 aliphatic carbocycles. The maximum Gasteiger partial charge on any atom is 0.230 e. The molecule has 1 aliphatic rings. The topological polar surface area (TPSA) is 49.3 Å². The summed E-state index contributed by atoms with van der Waals surface area (Å²) in [7, 11) is 0. The molecule has 1 aromatic rings. The van der Waals surface area contributed by atoms with Gasteiger partial charge in [0.15, 0.2) is 0 Å². The van der Waals surface area contributed by atoms with Gasteiger partial charge in [-0.05, 0) is 43.4 Å². The molecule has 1 atom stereocenters. The van der Waals surface area contributed by atoms with Crippen LogP contribution >= 0.6 is 15.9 Å². The first-order chi connectivity index (χ1) is 9.28. The largest absolute Gasteiger partial charge is 0.388 e. The molecule has 3 nitrogen and oxygen atoms in total. The summed E-state index contributed by atoms with van der Waals surface area (Å²) in [5.74, 6) is 0.131. The van der Waals surface area contributed by atoms with Crippen molar-refractivity contribution in [3.63, 3.8) is 0 Å². The Morgan fingerprint density at radius 2 is 1.95 bits per heavy atom. The van der Waals surface area contributed by atoms with Crippen LogP contribution in [0.2, 0.25) is 0 Å². The zero-order chi connectivity index (χ0) is 15.0. The SMILES string of the molecule is CC(C)C(C)(O)CNC(=O)C1(c2ccc(Br)cc2)CC1. The van der Waals surface area contributed by atoms with Gasteiger partial charge in [0.05, 0.1) is 11.0 Å². The van der Waals surface area contributed by atoms with Crippen LogP contribution in [0, 0.1) is 5.92 Å². The fourth-order valence-corrected chi connectivity index (χ4v) is 2.44. The third kappa shape index (κ3) is 3.07. The van der Waals surface area contributed by atoms with Crippen LogP contribution in [-0.2, 0) is 10.2 Å². The summed E-state index contributed by atoms with van der Waals surface area (Å²) in [6.07, 6.45) is 1.76. The highest BCUT2D eigenvalue weighted by atomic mass is 79.9. The Kier molecular flexibility index (Phi) is 4.26. The number of hydrogen-bond acceptors (Lipinski definition) is 2. The second-order valence-corrected chi connectivity index (χ2v) is 7.20. The lowest BCUT2D eigenvalue weighted by Crippen LogP contribution is -2.47. The average molecular weight is 340 g/mol. The zero-order valence-corrected chi connectivity index (χ0v) is 13.8. The lowest BCUT2D eigenvalue weighted by Gasteiger charge is -2.29. The predicted octanol–water partition coefficient (Wildman–Crippen LogP) is 3.00. The molecule has 20 heavy (non-hydrogen) atoms. The van der Waals surface area contributed by atoms with E-state index in [1.807, 2.05) is 38.1 Å². The number of carbonyl (C=O) groups excluding carboxylic acids is 1. The van der Waals surface area contributed by atoms with Gasteiger partial charge >= 0.3 is 0 Å². The van der Waals surface area contributed by atoms with Crippen molar-refractivity contribution in [3.05, 3.63) is 34.3 Å². The Morgan fingerprint density at radius 1 is 1.40 bits per heavy atom. The lowest BCUT2D eigenvalue weighted by atomic mass is 9.91. The van der Waals surface area contributed by atoms with Gasteiger partial charge in [-0.15, -0.1) is 0 Å². The number of hydrogen-bond donors (Lipinski definition) is 2. The number of nitrogens with one attached hydrogen (secondary N) is 1. The summed E-state index contributed by atoms with van der Waals surface area (Å²) in [5.41, 5.74) is -0.193. The summed E-state index contributed by atoms with van der Waals surface area (Å²) in [5, 5.41) is 13.1. The second kappa shape index (κ2) is 5.49. The van der Waals surface area contributed by atoms with Crippen LogP contribution in [0.25, 0.3) is 0 Å². The fraction of sp³-hybridized carbons (Fsp3) is 0.562. The van der Waals surface area contributed by atoms with E-state index in [0.29, 0.717) is 6.54 Å². The Bertz CT molecular complexity index is 490. The van der Waals surface area contributed by atoms with Crippen LogP contribution < -0.4 is 5.32 Å². The molecule has 1 unspecified atom stereocenters. The Morgan fingerprint density at radius 3 is 2.40 bits per heavy atom. The normalized spacial score (nSPS) is 19.5. The first-order valence-corrected chi connectivity index (χ1v) is 7.84. The van der Waals surface area contributed by atoms with Crippen LogP contribution in [0.5, 0.6) is 0 Å². The molecule has 0 saturated heterocycles. The molecular weight excluding hydrogens is 318 g/mol. The molecule has 2 N–H and O–H groups in total. The summed E-state index contributed by atoms with van der Waals surface area (Å²) in [6, 6.07) is 7.93. The van der Waals surface area contributed by atoms with E-state index in [0.717, 1.165) is 22.9 Å². The van der Waals surface area contributed by atoms with Crippen molar-refractivity contribution in [3.8, 4) is 0 Å². The number of halogens is 1. The molecule has 0 spiro atoms. The van der Waals surface area contributed by atoms with Crippen molar-refractivity contribution >= 4 is 21.8 Å². The Balaban J connectivity index is 2.04. The van der Waals surface area contributed by atoms with Crippen molar-refractivity contribution in [1.29, 1.82) is 0 Å². The number of amides is 1. The quantitative estimate of drug-likeness (QED) is 0.866. The maximum absolute atomic E-state index is 12.4. The molecule has 4 heteroatoms. The molecule has 110 valence electrons. The minimum atomic E-state index is -0.870. The summed E-state index contributed by atoms with van der Waals surface area (Å²) >= 11 is 3.41. The molecule has 1 aromatic carbocycles. The first-order valence-electron chi connectivity index (χ1n) is 7.05. The molecule has 0 radical (unpaired) electrons. The number of benzene rings is 1. The van der Waals surface area contributed by atoms with Crippen molar-refractivity contribution in [1.82, 2.24) is 5.32 Å². The van der Waals surface area contributed by atoms with Gasteiger partial charge in [-0.2, -0.15) is 0 Å². The first kappa shape index (κ1) is 15.5. The monoisotopic (exact) mass is 339 g/mol. The van der Waals surface area contributed by atoms with E-state index >= 15 is 0 Å². The van der Waals surface area contributed by atoms with Gasteiger partial charge in [-0.3, -0.25) is 4.79 Å². The van der Waals surface area contributed by atoms with E-state index in [2.05, 4.69) is 21.2 Å². The molecule has 0 bridgehead atoms. The number of aliphatic hydroxyl groups is 1. The van der Waals surface area contributed by atoms with E-state index in [4.69, 9.17) is 0 Å². The average Bonchev–Trinajstić information content (AvgIpc) is 3.18. The highest BCUT2D eigenvalue weighted by Gasteiger charge is 2.51. The highest BCUT2D eigenvalue weighted by Crippen LogP contribution is 2.48. The van der Waals surface area contributed by atoms with Crippen LogP contribution in [0.4, 0.5) is 0 Å². The standard InChI is InChI=1S/C16H22BrNO2/c1-11(2)15(3,20)10-18-14(19)16(8-9-16)12-4-6-13(17)7-5-12/h4-7,11,20H,8-10H2,1-3H3,(H,18,19). The zero-order valence-electron chi connectivity index (χ0n) is 12.2. The Hall–Kier alpha value is -0.870. The maximum atomic E-state index is 12.4. The van der Waals surface area contributed by atoms with Gasteiger partial charge in [0.1, 0.15) is 0 Å². The highest BCUT2D eigenvalue weighted by molar-refractivity contribution is 9.10. The van der Waals surface area contributed by atoms with Crippen LogP contribution in [0.3, 0.4) is 0 Å². The van der Waals surface area contributed by atoms with Gasteiger partial charge in [0.25, 0.3) is 0 Å². The molecule has 1 saturated carbocycles. The van der Waals surface area contributed by atoms with Crippen molar-refractivity contribution in [2.75, 3.05) is 6.54 Å². The van der Waals surface area contributed by atoms with E-state index in [-0.39, 0.29) is 17.2 Å². The van der Waals surface area contributed by atoms with Crippen LogP contribution in [-0.4, -0.2) is 23.2 Å². The van der Waals surface area contributed by atoms with E-state index < -0.39 is 5.60 Å². The van der Waals surface area contributed by atoms with Crippen molar-refractivity contribution in [2.45, 2.75) is 44.6 Å². The minimum absolute atomic E-state index is 0.0285. The minimum Gasteiger partial charge on any atom is -0.388 e. The van der Waals surface area contributed by atoms with E-state index in [1.165, 1.54) is 0 Å². The van der Waals surface area contributed by atoms with Gasteiger partial charge in [-0.25, -0.2) is 0 Å². The summed E-state index contributed by atoms with van der Waals surface area (Å²) in [4.78, 5) is 12.4. The predicted molar refractivity (Wildman–Crippen MR) is 83.5 cm³/mol. The molecule has 1 amide bonds. The molecule has 2 rings (SSSR count). The number of rotatable bonds is 5. The smallest absolute Gasteiger partial charge is 0.230 e. The summed E-state index contributed by atoms with van der Waals surface area (Å²) < 4.78 is 1.01. The summed E-state index contributed by atoms with van der Waals surface area (Å²) in [6.45, 7) is 5.96. The van der Waals surface area contributed by atoms with Crippen LogP contribution in [0.1, 0.15) is 39.2 Å². The van der Waals surface area contributed by atoms with Gasteiger partial charge in [0, 0.05) is 11.0 Å². The second-order valence-electron chi connectivity index (χ2n) is 6.28. The molecule has 0 aromatic heterocycles.